The zero-order valence-electron chi connectivity index (χ0n) is 12.1. The van der Waals surface area contributed by atoms with Gasteiger partial charge in [0.15, 0.2) is 0 Å². The van der Waals surface area contributed by atoms with Gasteiger partial charge in [-0.05, 0) is 36.8 Å². The van der Waals surface area contributed by atoms with E-state index in [0.717, 1.165) is 17.0 Å². The van der Waals surface area contributed by atoms with E-state index in [2.05, 4.69) is 5.32 Å². The lowest BCUT2D eigenvalue weighted by Crippen LogP contribution is -2.08. The van der Waals surface area contributed by atoms with Crippen LogP contribution in [0.3, 0.4) is 0 Å². The first-order chi connectivity index (χ1) is 10.0. The average molecular weight is 326 g/mol. The maximum absolute atomic E-state index is 6.24. The highest BCUT2D eigenvalue weighted by Gasteiger charge is 2.13. The molecule has 0 bridgehead atoms. The van der Waals surface area contributed by atoms with Crippen LogP contribution in [0.2, 0.25) is 10.0 Å². The van der Waals surface area contributed by atoms with Gasteiger partial charge in [0.2, 0.25) is 0 Å². The minimum Gasteiger partial charge on any atom is -0.497 e. The standard InChI is InChI=1S/C16H17Cl2NO2/c1-10(13-6-4-11(17)8-14(13)18)19-15-7-5-12(20-2)9-16(15)21-3/h4-10,19H,1-3H3. The van der Waals surface area contributed by atoms with Crippen molar-refractivity contribution in [2.75, 3.05) is 19.5 Å². The van der Waals surface area contributed by atoms with Gasteiger partial charge in [-0.25, -0.2) is 0 Å². The second kappa shape index (κ2) is 6.92. The zero-order chi connectivity index (χ0) is 15.4. The lowest BCUT2D eigenvalue weighted by molar-refractivity contribution is 0.395. The highest BCUT2D eigenvalue weighted by molar-refractivity contribution is 6.35. The van der Waals surface area contributed by atoms with Crippen molar-refractivity contribution in [1.82, 2.24) is 0 Å². The zero-order valence-corrected chi connectivity index (χ0v) is 13.6. The predicted molar refractivity (Wildman–Crippen MR) is 88.0 cm³/mol. The van der Waals surface area contributed by atoms with Gasteiger partial charge in [-0.15, -0.1) is 0 Å². The van der Waals surface area contributed by atoms with Crippen LogP contribution in [0.4, 0.5) is 5.69 Å². The van der Waals surface area contributed by atoms with Crippen molar-refractivity contribution < 1.29 is 9.47 Å². The number of hydrogen-bond acceptors (Lipinski definition) is 3. The Morgan fingerprint density at radius 1 is 1.00 bits per heavy atom. The van der Waals surface area contributed by atoms with Crippen molar-refractivity contribution >= 4 is 28.9 Å². The Balaban J connectivity index is 2.24. The Kier molecular flexibility index (Phi) is 5.21. The number of hydrogen-bond donors (Lipinski definition) is 1. The van der Waals surface area contributed by atoms with E-state index < -0.39 is 0 Å². The van der Waals surface area contributed by atoms with Crippen LogP contribution in [0, 0.1) is 0 Å². The number of rotatable bonds is 5. The quantitative estimate of drug-likeness (QED) is 0.821. The molecule has 5 heteroatoms. The van der Waals surface area contributed by atoms with Crippen LogP contribution < -0.4 is 14.8 Å². The second-order valence-electron chi connectivity index (χ2n) is 4.60. The van der Waals surface area contributed by atoms with Gasteiger partial charge in [0.25, 0.3) is 0 Å². The minimum absolute atomic E-state index is 0.0112. The predicted octanol–water partition coefficient (Wildman–Crippen LogP) is 5.18. The van der Waals surface area contributed by atoms with Crippen molar-refractivity contribution in [3.8, 4) is 11.5 Å². The maximum atomic E-state index is 6.24. The summed E-state index contributed by atoms with van der Waals surface area (Å²) in [5.74, 6) is 1.46. The summed E-state index contributed by atoms with van der Waals surface area (Å²) in [4.78, 5) is 0. The lowest BCUT2D eigenvalue weighted by Gasteiger charge is -2.19. The lowest BCUT2D eigenvalue weighted by atomic mass is 10.1. The molecule has 1 N–H and O–H groups in total. The van der Waals surface area contributed by atoms with Crippen molar-refractivity contribution in [1.29, 1.82) is 0 Å². The molecule has 0 aliphatic carbocycles. The normalized spacial score (nSPS) is 11.9. The van der Waals surface area contributed by atoms with E-state index in [1.165, 1.54) is 0 Å². The molecule has 0 heterocycles. The van der Waals surface area contributed by atoms with E-state index in [4.69, 9.17) is 32.7 Å². The molecule has 0 aromatic heterocycles. The van der Waals surface area contributed by atoms with Crippen LogP contribution in [0.1, 0.15) is 18.5 Å². The molecular formula is C16H17Cl2NO2. The third kappa shape index (κ3) is 3.74. The summed E-state index contributed by atoms with van der Waals surface area (Å²) < 4.78 is 10.6. The van der Waals surface area contributed by atoms with Gasteiger partial charge in [-0.3, -0.25) is 0 Å². The molecule has 0 fully saturated rings. The molecule has 0 aliphatic heterocycles. The highest BCUT2D eigenvalue weighted by Crippen LogP contribution is 2.34. The first-order valence-corrected chi connectivity index (χ1v) is 7.24. The van der Waals surface area contributed by atoms with Crippen LogP contribution in [0.5, 0.6) is 11.5 Å². The van der Waals surface area contributed by atoms with Crippen LogP contribution in [-0.4, -0.2) is 14.2 Å². The SMILES string of the molecule is COc1ccc(NC(C)c2ccc(Cl)cc2Cl)c(OC)c1. The van der Waals surface area contributed by atoms with Crippen molar-refractivity contribution in [3.63, 3.8) is 0 Å². The molecule has 2 rings (SSSR count). The minimum atomic E-state index is 0.0112. The van der Waals surface area contributed by atoms with E-state index in [1.807, 2.05) is 37.3 Å². The van der Waals surface area contributed by atoms with E-state index in [-0.39, 0.29) is 6.04 Å². The Labute approximate surface area is 134 Å². The largest absolute Gasteiger partial charge is 0.497 e. The molecule has 0 amide bonds. The summed E-state index contributed by atoms with van der Waals surface area (Å²) in [5.41, 5.74) is 1.84. The Bertz CT molecular complexity index is 632. The molecule has 0 aliphatic rings. The Morgan fingerprint density at radius 3 is 2.38 bits per heavy atom. The summed E-state index contributed by atoms with van der Waals surface area (Å²) >= 11 is 12.2. The molecule has 2 aromatic rings. The van der Waals surface area contributed by atoms with Gasteiger partial charge in [0, 0.05) is 16.1 Å². The molecule has 0 saturated heterocycles. The van der Waals surface area contributed by atoms with Gasteiger partial charge in [0.1, 0.15) is 11.5 Å². The molecule has 0 spiro atoms. The van der Waals surface area contributed by atoms with Crippen LogP contribution in [0.15, 0.2) is 36.4 Å². The molecule has 2 aromatic carbocycles. The molecule has 3 nitrogen and oxygen atoms in total. The number of halogens is 2. The first kappa shape index (κ1) is 15.8. The third-order valence-corrected chi connectivity index (χ3v) is 3.77. The molecule has 1 atom stereocenters. The van der Waals surface area contributed by atoms with Crippen molar-refractivity contribution in [2.45, 2.75) is 13.0 Å². The number of nitrogens with one attached hydrogen (secondary N) is 1. The molecule has 0 radical (unpaired) electrons. The van der Waals surface area contributed by atoms with E-state index in [1.54, 1.807) is 20.3 Å². The molecule has 112 valence electrons. The van der Waals surface area contributed by atoms with E-state index in [0.29, 0.717) is 15.8 Å². The fourth-order valence-corrected chi connectivity index (χ4v) is 2.65. The van der Waals surface area contributed by atoms with E-state index >= 15 is 0 Å². The number of ether oxygens (including phenoxy) is 2. The summed E-state index contributed by atoms with van der Waals surface area (Å²) in [6.07, 6.45) is 0. The number of benzene rings is 2. The maximum Gasteiger partial charge on any atom is 0.145 e. The van der Waals surface area contributed by atoms with Crippen LogP contribution in [0.25, 0.3) is 0 Å². The van der Waals surface area contributed by atoms with Crippen molar-refractivity contribution in [3.05, 3.63) is 52.0 Å². The van der Waals surface area contributed by atoms with Crippen LogP contribution in [-0.2, 0) is 0 Å². The summed E-state index contributed by atoms with van der Waals surface area (Å²) in [6.45, 7) is 2.03. The molecular weight excluding hydrogens is 309 g/mol. The van der Waals surface area contributed by atoms with Crippen LogP contribution >= 0.6 is 23.2 Å². The monoisotopic (exact) mass is 325 g/mol. The van der Waals surface area contributed by atoms with Gasteiger partial charge >= 0.3 is 0 Å². The smallest absolute Gasteiger partial charge is 0.145 e. The third-order valence-electron chi connectivity index (χ3n) is 3.21. The topological polar surface area (TPSA) is 30.5 Å². The summed E-state index contributed by atoms with van der Waals surface area (Å²) in [5, 5.41) is 4.64. The molecule has 21 heavy (non-hydrogen) atoms. The average Bonchev–Trinajstić information content (AvgIpc) is 2.47. The van der Waals surface area contributed by atoms with Gasteiger partial charge in [-0.1, -0.05) is 29.3 Å². The Morgan fingerprint density at radius 2 is 1.76 bits per heavy atom. The number of methoxy groups -OCH3 is 2. The molecule has 0 saturated carbocycles. The Hall–Kier alpha value is -1.58. The molecule has 1 unspecified atom stereocenters. The van der Waals surface area contributed by atoms with Gasteiger partial charge < -0.3 is 14.8 Å². The van der Waals surface area contributed by atoms with E-state index in [9.17, 15) is 0 Å². The highest BCUT2D eigenvalue weighted by atomic mass is 35.5. The fraction of sp³-hybridized carbons (Fsp3) is 0.250. The summed E-state index contributed by atoms with van der Waals surface area (Å²) in [7, 11) is 3.25. The number of anilines is 1. The first-order valence-electron chi connectivity index (χ1n) is 6.48. The summed E-state index contributed by atoms with van der Waals surface area (Å²) in [6, 6.07) is 11.1. The van der Waals surface area contributed by atoms with Gasteiger partial charge in [-0.2, -0.15) is 0 Å². The fourth-order valence-electron chi connectivity index (χ4n) is 2.08. The van der Waals surface area contributed by atoms with Gasteiger partial charge in [0.05, 0.1) is 25.9 Å². The van der Waals surface area contributed by atoms with Crippen molar-refractivity contribution in [2.24, 2.45) is 0 Å². The second-order valence-corrected chi connectivity index (χ2v) is 5.44.